The Kier molecular flexibility index (Phi) is 3.64. The quantitative estimate of drug-likeness (QED) is 0.621. The number of hydrogen-bond donors (Lipinski definition) is 1. The molecule has 0 saturated heterocycles. The van der Waals surface area contributed by atoms with Crippen molar-refractivity contribution in [3.63, 3.8) is 0 Å². The van der Waals surface area contributed by atoms with Gasteiger partial charge in [0.15, 0.2) is 5.82 Å². The molecule has 0 unspecified atom stereocenters. The summed E-state index contributed by atoms with van der Waals surface area (Å²) in [5, 5.41) is 0. The van der Waals surface area contributed by atoms with Crippen molar-refractivity contribution >= 4 is 23.2 Å². The Morgan fingerprint density at radius 2 is 2.31 bits per heavy atom. The number of nitrogens with two attached hydrogens (primary N) is 1. The number of ether oxygens (including phenoxy) is 1. The Labute approximate surface area is 99.6 Å². The number of nitrogens with zero attached hydrogens (tertiary/aromatic N) is 2. The highest BCUT2D eigenvalue weighted by atomic mass is 32.1. The fraction of sp³-hybridized carbons (Fsp3) is 0.500. The van der Waals surface area contributed by atoms with Crippen molar-refractivity contribution in [2.24, 2.45) is 11.1 Å². The average molecular weight is 241 g/mol. The van der Waals surface area contributed by atoms with E-state index in [4.69, 9.17) is 22.7 Å². The Balaban J connectivity index is 2.92. The number of thiocarbonyl (C=S) groups is 1. The zero-order valence-corrected chi connectivity index (χ0v) is 10.4. The summed E-state index contributed by atoms with van der Waals surface area (Å²) in [6.07, 6.45) is 3.33. The van der Waals surface area contributed by atoms with E-state index in [2.05, 4.69) is 4.98 Å². The van der Waals surface area contributed by atoms with Crippen LogP contribution in [0.2, 0.25) is 0 Å². The molecule has 0 fully saturated rings. The van der Waals surface area contributed by atoms with E-state index in [-0.39, 0.29) is 11.0 Å². The van der Waals surface area contributed by atoms with Gasteiger partial charge in [-0.25, -0.2) is 4.98 Å². The van der Waals surface area contributed by atoms with Crippen molar-refractivity contribution in [1.29, 1.82) is 0 Å². The van der Waals surface area contributed by atoms with E-state index in [0.29, 0.717) is 12.4 Å². The van der Waals surface area contributed by atoms with Crippen molar-refractivity contribution in [2.75, 3.05) is 7.11 Å². The third-order valence-electron chi connectivity index (χ3n) is 2.24. The van der Waals surface area contributed by atoms with E-state index < -0.39 is 5.41 Å². The maximum Gasteiger partial charge on any atom is 0.313 e. The van der Waals surface area contributed by atoms with Gasteiger partial charge in [0.25, 0.3) is 0 Å². The zero-order valence-electron chi connectivity index (χ0n) is 9.56. The highest BCUT2D eigenvalue weighted by Crippen LogP contribution is 2.20. The normalized spacial score (nSPS) is 11.2. The minimum atomic E-state index is -0.644. The molecule has 1 aromatic rings. The summed E-state index contributed by atoms with van der Waals surface area (Å²) >= 11 is 4.86. The highest BCUT2D eigenvalue weighted by molar-refractivity contribution is 7.80. The molecule has 0 aliphatic heterocycles. The fourth-order valence-electron chi connectivity index (χ4n) is 1.43. The third-order valence-corrected chi connectivity index (χ3v) is 2.42. The predicted molar refractivity (Wildman–Crippen MR) is 63.9 cm³/mol. The lowest BCUT2D eigenvalue weighted by atomic mass is 9.93. The molecule has 1 heterocycles. The van der Waals surface area contributed by atoms with Gasteiger partial charge in [-0.3, -0.25) is 4.79 Å². The minimum Gasteiger partial charge on any atom is -0.469 e. The monoisotopic (exact) mass is 241 g/mol. The Bertz CT molecular complexity index is 412. The molecule has 2 N–H and O–H groups in total. The lowest BCUT2D eigenvalue weighted by molar-refractivity contribution is -0.151. The molecule has 0 amide bonds. The number of rotatable bonds is 4. The molecule has 88 valence electrons. The Hall–Kier alpha value is -1.43. The summed E-state index contributed by atoms with van der Waals surface area (Å²) in [7, 11) is 1.37. The number of aromatic nitrogens is 2. The number of methoxy groups -OCH3 is 1. The number of carbonyl (C=O) groups excluding carboxylic acids is 1. The minimum absolute atomic E-state index is 0.214. The van der Waals surface area contributed by atoms with Crippen LogP contribution in [0.3, 0.4) is 0 Å². The molecule has 16 heavy (non-hydrogen) atoms. The lowest BCUT2D eigenvalue weighted by Gasteiger charge is -2.22. The van der Waals surface area contributed by atoms with Gasteiger partial charge >= 0.3 is 5.97 Å². The summed E-state index contributed by atoms with van der Waals surface area (Å²) in [6, 6.07) is 0. The summed E-state index contributed by atoms with van der Waals surface area (Å²) in [5.74, 6) is 0.224. The van der Waals surface area contributed by atoms with Gasteiger partial charge in [0.2, 0.25) is 0 Å². The number of hydrogen-bond acceptors (Lipinski definition) is 4. The molecule has 0 aliphatic rings. The first-order chi connectivity index (χ1) is 7.38. The maximum absolute atomic E-state index is 11.5. The first-order valence-corrected chi connectivity index (χ1v) is 5.18. The van der Waals surface area contributed by atoms with Gasteiger partial charge in [0.05, 0.1) is 12.5 Å². The van der Waals surface area contributed by atoms with Crippen LogP contribution in [-0.2, 0) is 16.1 Å². The van der Waals surface area contributed by atoms with Gasteiger partial charge in [-0.2, -0.15) is 0 Å². The van der Waals surface area contributed by atoms with Crippen molar-refractivity contribution < 1.29 is 9.53 Å². The second kappa shape index (κ2) is 4.61. The predicted octanol–water partition coefficient (Wildman–Crippen LogP) is 0.717. The van der Waals surface area contributed by atoms with Gasteiger partial charge in [0.1, 0.15) is 4.99 Å². The summed E-state index contributed by atoms with van der Waals surface area (Å²) in [6.45, 7) is 4.01. The lowest BCUT2D eigenvalue weighted by Crippen LogP contribution is -2.32. The summed E-state index contributed by atoms with van der Waals surface area (Å²) in [5.41, 5.74) is 4.87. The van der Waals surface area contributed by atoms with Crippen molar-refractivity contribution in [3.05, 3.63) is 18.2 Å². The van der Waals surface area contributed by atoms with E-state index >= 15 is 0 Å². The second-order valence-electron chi connectivity index (χ2n) is 4.12. The smallest absolute Gasteiger partial charge is 0.313 e. The Morgan fingerprint density at radius 1 is 1.69 bits per heavy atom. The molecular weight excluding hydrogens is 226 g/mol. The molecule has 0 aliphatic carbocycles. The highest BCUT2D eigenvalue weighted by Gasteiger charge is 2.30. The van der Waals surface area contributed by atoms with Gasteiger partial charge in [-0.1, -0.05) is 12.2 Å². The first-order valence-electron chi connectivity index (χ1n) is 4.78. The first kappa shape index (κ1) is 12.6. The molecule has 6 heteroatoms. The molecule has 5 nitrogen and oxygen atoms in total. The SMILES string of the molecule is COC(=O)C(C)(C)Cn1ccnc1C(N)=S. The molecule has 1 rings (SSSR count). The van der Waals surface area contributed by atoms with E-state index in [1.807, 2.05) is 0 Å². The van der Waals surface area contributed by atoms with Crippen LogP contribution in [0.5, 0.6) is 0 Å². The van der Waals surface area contributed by atoms with Crippen LogP contribution < -0.4 is 5.73 Å². The van der Waals surface area contributed by atoms with Crippen LogP contribution in [0.4, 0.5) is 0 Å². The molecular formula is C10H15N3O2S. The number of esters is 1. The number of carbonyl (C=O) groups is 1. The number of imidazole rings is 1. The van der Waals surface area contributed by atoms with E-state index in [1.54, 1.807) is 30.8 Å². The zero-order chi connectivity index (χ0) is 12.3. The van der Waals surface area contributed by atoms with Gasteiger partial charge in [-0.05, 0) is 13.8 Å². The van der Waals surface area contributed by atoms with Crippen molar-refractivity contribution in [2.45, 2.75) is 20.4 Å². The maximum atomic E-state index is 11.5. The molecule has 0 atom stereocenters. The summed E-state index contributed by atoms with van der Waals surface area (Å²) < 4.78 is 6.48. The summed E-state index contributed by atoms with van der Waals surface area (Å²) in [4.78, 5) is 15.8. The van der Waals surface area contributed by atoms with Crippen LogP contribution in [0.15, 0.2) is 12.4 Å². The average Bonchev–Trinajstić information content (AvgIpc) is 2.63. The second-order valence-corrected chi connectivity index (χ2v) is 4.56. The van der Waals surface area contributed by atoms with Crippen LogP contribution in [0.25, 0.3) is 0 Å². The van der Waals surface area contributed by atoms with Crippen molar-refractivity contribution in [1.82, 2.24) is 9.55 Å². The largest absolute Gasteiger partial charge is 0.469 e. The molecule has 0 saturated carbocycles. The van der Waals surface area contributed by atoms with E-state index in [9.17, 15) is 4.79 Å². The van der Waals surface area contributed by atoms with Crippen LogP contribution in [-0.4, -0.2) is 27.6 Å². The van der Waals surface area contributed by atoms with Crippen molar-refractivity contribution in [3.8, 4) is 0 Å². The van der Waals surface area contributed by atoms with Crippen LogP contribution >= 0.6 is 12.2 Å². The topological polar surface area (TPSA) is 70.1 Å². The van der Waals surface area contributed by atoms with Gasteiger partial charge in [0, 0.05) is 18.9 Å². The van der Waals surface area contributed by atoms with Crippen LogP contribution in [0.1, 0.15) is 19.7 Å². The molecule has 0 spiro atoms. The molecule has 0 radical (unpaired) electrons. The molecule has 0 aromatic carbocycles. The molecule has 0 bridgehead atoms. The molecule has 1 aromatic heterocycles. The van der Waals surface area contributed by atoms with Gasteiger partial charge < -0.3 is 15.0 Å². The third kappa shape index (κ3) is 2.57. The standard InChI is InChI=1S/C10H15N3O2S/c1-10(2,9(14)15-3)6-13-5-4-12-8(13)7(11)16/h4-5H,6H2,1-3H3,(H2,11,16). The van der Waals surface area contributed by atoms with E-state index in [0.717, 1.165) is 0 Å². The Morgan fingerprint density at radius 3 is 2.81 bits per heavy atom. The van der Waals surface area contributed by atoms with Gasteiger partial charge in [-0.15, -0.1) is 0 Å². The van der Waals surface area contributed by atoms with E-state index in [1.165, 1.54) is 7.11 Å². The fourth-order valence-corrected chi connectivity index (χ4v) is 1.60. The van der Waals surface area contributed by atoms with Crippen LogP contribution in [0, 0.1) is 5.41 Å².